The highest BCUT2D eigenvalue weighted by molar-refractivity contribution is 5.78. The van der Waals surface area contributed by atoms with E-state index in [-0.39, 0.29) is 18.4 Å². The van der Waals surface area contributed by atoms with Crippen molar-refractivity contribution in [2.24, 2.45) is 5.92 Å². The van der Waals surface area contributed by atoms with Crippen LogP contribution in [0.3, 0.4) is 0 Å². The van der Waals surface area contributed by atoms with Crippen LogP contribution in [0.4, 0.5) is 0 Å². The van der Waals surface area contributed by atoms with Gasteiger partial charge in [0.15, 0.2) is 0 Å². The highest BCUT2D eigenvalue weighted by Gasteiger charge is 2.22. The monoisotopic (exact) mass is 346 g/mol. The second kappa shape index (κ2) is 8.99. The van der Waals surface area contributed by atoms with E-state index in [4.69, 9.17) is 5.11 Å². The minimum Gasteiger partial charge on any atom is -0.481 e. The lowest BCUT2D eigenvalue weighted by atomic mass is 9.93. The molecule has 2 N–H and O–H groups in total. The third-order valence-electron chi connectivity index (χ3n) is 5.15. The van der Waals surface area contributed by atoms with Crippen LogP contribution in [0.1, 0.15) is 55.3 Å². The van der Waals surface area contributed by atoms with Gasteiger partial charge in [-0.1, -0.05) is 18.2 Å². The molecular formula is C20H30N2O3. The molecule has 2 rings (SSSR count). The highest BCUT2D eigenvalue weighted by Crippen LogP contribution is 2.21. The second-order valence-corrected chi connectivity index (χ2v) is 7.31. The maximum Gasteiger partial charge on any atom is 0.303 e. The number of rotatable bonds is 7. The number of carboxylic acids is 1. The molecule has 5 nitrogen and oxygen atoms in total. The number of aliphatic carboxylic acids is 1. The minimum atomic E-state index is -0.739. The maximum absolute atomic E-state index is 12.4. The zero-order valence-electron chi connectivity index (χ0n) is 15.5. The Labute approximate surface area is 150 Å². The van der Waals surface area contributed by atoms with Gasteiger partial charge in [-0.15, -0.1) is 0 Å². The first-order valence-electron chi connectivity index (χ1n) is 9.16. The topological polar surface area (TPSA) is 69.6 Å². The summed E-state index contributed by atoms with van der Waals surface area (Å²) >= 11 is 0. The smallest absolute Gasteiger partial charge is 0.303 e. The van der Waals surface area contributed by atoms with Gasteiger partial charge in [-0.25, -0.2) is 0 Å². The standard InChI is InChI=1S/C20H30N2O3/c1-14-6-8-18(11-15(14)2)16(3)21-19(23)13-22-10-4-5-17(12-22)7-9-20(24)25/h6,8,11,16-17H,4-5,7,9-10,12-13H2,1-3H3,(H,21,23)(H,24,25). The Hall–Kier alpha value is -1.88. The number of hydrogen-bond donors (Lipinski definition) is 2. The van der Waals surface area contributed by atoms with Crippen LogP contribution in [0.15, 0.2) is 18.2 Å². The van der Waals surface area contributed by atoms with Gasteiger partial charge >= 0.3 is 5.97 Å². The molecular weight excluding hydrogens is 316 g/mol. The molecule has 0 spiro atoms. The molecule has 1 aliphatic heterocycles. The Morgan fingerprint density at radius 3 is 2.76 bits per heavy atom. The number of piperidine rings is 1. The summed E-state index contributed by atoms with van der Waals surface area (Å²) in [6.07, 6.45) is 3.01. The van der Waals surface area contributed by atoms with E-state index in [1.54, 1.807) is 0 Å². The van der Waals surface area contributed by atoms with Crippen LogP contribution in [0.5, 0.6) is 0 Å². The Morgan fingerprint density at radius 2 is 2.08 bits per heavy atom. The van der Waals surface area contributed by atoms with Crippen molar-refractivity contribution in [3.05, 3.63) is 34.9 Å². The summed E-state index contributed by atoms with van der Waals surface area (Å²) in [6.45, 7) is 8.29. The molecule has 138 valence electrons. The average molecular weight is 346 g/mol. The average Bonchev–Trinajstić information content (AvgIpc) is 2.55. The summed E-state index contributed by atoms with van der Waals surface area (Å²) in [5.74, 6) is -0.323. The molecule has 0 aromatic heterocycles. The van der Waals surface area contributed by atoms with Gasteiger partial charge in [0.05, 0.1) is 12.6 Å². The van der Waals surface area contributed by atoms with Crippen LogP contribution in [0.2, 0.25) is 0 Å². The quantitative estimate of drug-likeness (QED) is 0.796. The third-order valence-corrected chi connectivity index (χ3v) is 5.15. The van der Waals surface area contributed by atoms with E-state index in [0.717, 1.165) is 31.5 Å². The van der Waals surface area contributed by atoms with Crippen molar-refractivity contribution in [1.29, 1.82) is 0 Å². The summed E-state index contributed by atoms with van der Waals surface area (Å²) in [6, 6.07) is 6.27. The van der Waals surface area contributed by atoms with Crippen LogP contribution < -0.4 is 5.32 Å². The molecule has 1 aliphatic rings. The van der Waals surface area contributed by atoms with Crippen molar-refractivity contribution < 1.29 is 14.7 Å². The number of carbonyl (C=O) groups is 2. The van der Waals surface area contributed by atoms with Crippen molar-refractivity contribution in [3.63, 3.8) is 0 Å². The summed E-state index contributed by atoms with van der Waals surface area (Å²) in [5.41, 5.74) is 3.60. The maximum atomic E-state index is 12.4. The number of benzene rings is 1. The Morgan fingerprint density at radius 1 is 1.32 bits per heavy atom. The predicted molar refractivity (Wildman–Crippen MR) is 98.5 cm³/mol. The second-order valence-electron chi connectivity index (χ2n) is 7.31. The van der Waals surface area contributed by atoms with Gasteiger partial charge in [-0.05, 0) is 69.2 Å². The van der Waals surface area contributed by atoms with E-state index in [1.807, 2.05) is 6.92 Å². The van der Waals surface area contributed by atoms with Crippen molar-refractivity contribution in [3.8, 4) is 0 Å². The zero-order chi connectivity index (χ0) is 18.4. The molecule has 1 amide bonds. The Bertz CT molecular complexity index is 615. The number of amides is 1. The summed E-state index contributed by atoms with van der Waals surface area (Å²) in [7, 11) is 0. The fourth-order valence-electron chi connectivity index (χ4n) is 3.47. The van der Waals surface area contributed by atoms with Gasteiger partial charge in [0.1, 0.15) is 0 Å². The molecule has 1 aromatic rings. The zero-order valence-corrected chi connectivity index (χ0v) is 15.5. The first-order valence-corrected chi connectivity index (χ1v) is 9.16. The normalized spacial score (nSPS) is 19.4. The highest BCUT2D eigenvalue weighted by atomic mass is 16.4. The number of carbonyl (C=O) groups excluding carboxylic acids is 1. The number of hydrogen-bond acceptors (Lipinski definition) is 3. The van der Waals surface area contributed by atoms with E-state index in [1.165, 1.54) is 11.1 Å². The van der Waals surface area contributed by atoms with Crippen molar-refractivity contribution in [2.45, 2.75) is 52.5 Å². The van der Waals surface area contributed by atoms with E-state index < -0.39 is 5.97 Å². The first-order chi connectivity index (χ1) is 11.8. The Kier molecular flexibility index (Phi) is 7.00. The number of carboxylic acid groups (broad SMARTS) is 1. The third kappa shape index (κ3) is 6.16. The number of likely N-dealkylation sites (tertiary alicyclic amines) is 1. The lowest BCUT2D eigenvalue weighted by Crippen LogP contribution is -2.43. The van der Waals surface area contributed by atoms with E-state index in [2.05, 4.69) is 42.3 Å². The molecule has 0 radical (unpaired) electrons. The van der Waals surface area contributed by atoms with Crippen molar-refractivity contribution >= 4 is 11.9 Å². The minimum absolute atomic E-state index is 0.0144. The number of aryl methyl sites for hydroxylation is 2. The van der Waals surface area contributed by atoms with Gasteiger partial charge in [-0.3, -0.25) is 14.5 Å². The molecule has 1 saturated heterocycles. The Balaban J connectivity index is 1.82. The SMILES string of the molecule is Cc1ccc(C(C)NC(=O)CN2CCCC(CCC(=O)O)C2)cc1C. The van der Waals surface area contributed by atoms with E-state index in [9.17, 15) is 9.59 Å². The van der Waals surface area contributed by atoms with Gasteiger partial charge in [0, 0.05) is 13.0 Å². The van der Waals surface area contributed by atoms with E-state index in [0.29, 0.717) is 18.9 Å². The predicted octanol–water partition coefficient (Wildman–Crippen LogP) is 3.06. The van der Waals surface area contributed by atoms with Gasteiger partial charge in [0.2, 0.25) is 5.91 Å². The molecule has 0 aliphatic carbocycles. The molecule has 1 fully saturated rings. The molecule has 0 saturated carbocycles. The molecule has 5 heteroatoms. The summed E-state index contributed by atoms with van der Waals surface area (Å²) in [4.78, 5) is 25.2. The van der Waals surface area contributed by atoms with Crippen LogP contribution in [0.25, 0.3) is 0 Å². The van der Waals surface area contributed by atoms with Crippen molar-refractivity contribution in [2.75, 3.05) is 19.6 Å². The fraction of sp³-hybridized carbons (Fsp3) is 0.600. The van der Waals surface area contributed by atoms with Crippen LogP contribution in [0, 0.1) is 19.8 Å². The molecule has 0 bridgehead atoms. The molecule has 1 heterocycles. The van der Waals surface area contributed by atoms with Gasteiger partial charge in [-0.2, -0.15) is 0 Å². The first kappa shape index (κ1) is 19.4. The lowest BCUT2D eigenvalue weighted by Gasteiger charge is -2.32. The fourth-order valence-corrected chi connectivity index (χ4v) is 3.47. The van der Waals surface area contributed by atoms with Crippen molar-refractivity contribution in [1.82, 2.24) is 10.2 Å². The van der Waals surface area contributed by atoms with Gasteiger partial charge in [0.25, 0.3) is 0 Å². The number of nitrogens with one attached hydrogen (secondary N) is 1. The summed E-state index contributed by atoms with van der Waals surface area (Å²) in [5, 5.41) is 11.9. The van der Waals surface area contributed by atoms with Crippen LogP contribution in [-0.2, 0) is 9.59 Å². The number of nitrogens with zero attached hydrogens (tertiary/aromatic N) is 1. The van der Waals surface area contributed by atoms with E-state index >= 15 is 0 Å². The van der Waals surface area contributed by atoms with Crippen LogP contribution in [-0.4, -0.2) is 41.5 Å². The van der Waals surface area contributed by atoms with Gasteiger partial charge < -0.3 is 10.4 Å². The van der Waals surface area contributed by atoms with Crippen LogP contribution >= 0.6 is 0 Å². The molecule has 2 unspecified atom stereocenters. The molecule has 25 heavy (non-hydrogen) atoms. The molecule has 1 aromatic carbocycles. The molecule has 2 atom stereocenters. The lowest BCUT2D eigenvalue weighted by molar-refractivity contribution is -0.137. The summed E-state index contributed by atoms with van der Waals surface area (Å²) < 4.78 is 0. The largest absolute Gasteiger partial charge is 0.481 e.